The molecule has 0 saturated carbocycles. The number of likely N-dealkylation sites (tertiary alicyclic amines) is 1. The van der Waals surface area contributed by atoms with E-state index in [2.05, 4.69) is 49.5 Å². The minimum absolute atomic E-state index is 0.490. The molecule has 0 radical (unpaired) electrons. The van der Waals surface area contributed by atoms with Gasteiger partial charge in [0, 0.05) is 25.5 Å². The molecule has 0 unspecified atom stereocenters. The number of benzene rings is 1. The smallest absolute Gasteiger partial charge is 0.181 e. The first-order chi connectivity index (χ1) is 12.8. The number of nitrogens with zero attached hydrogens (tertiary/aromatic N) is 5. The predicted octanol–water partition coefficient (Wildman–Crippen LogP) is 2.45. The fourth-order valence-electron chi connectivity index (χ4n) is 3.33. The van der Waals surface area contributed by atoms with Gasteiger partial charge >= 0.3 is 0 Å². The molecule has 0 bridgehead atoms. The highest BCUT2D eigenvalue weighted by Gasteiger charge is 2.12. The summed E-state index contributed by atoms with van der Waals surface area (Å²) in [5, 5.41) is 7.50. The fourth-order valence-corrected chi connectivity index (χ4v) is 3.33. The van der Waals surface area contributed by atoms with Crippen LogP contribution in [0.25, 0.3) is 5.82 Å². The average Bonchev–Trinajstić information content (AvgIpc) is 3.35. The van der Waals surface area contributed by atoms with Gasteiger partial charge in [0.05, 0.1) is 0 Å². The van der Waals surface area contributed by atoms with Crippen LogP contribution in [0, 0.1) is 0 Å². The quantitative estimate of drug-likeness (QED) is 0.711. The number of nitrogens with one attached hydrogen (secondary N) is 1. The first-order valence-corrected chi connectivity index (χ1v) is 8.94. The number of nitrogens with two attached hydrogens (primary N) is 1. The zero-order valence-electron chi connectivity index (χ0n) is 14.7. The van der Waals surface area contributed by atoms with Gasteiger partial charge in [0.15, 0.2) is 11.6 Å². The van der Waals surface area contributed by atoms with Crippen LogP contribution in [0.3, 0.4) is 0 Å². The van der Waals surface area contributed by atoms with Gasteiger partial charge in [-0.2, -0.15) is 5.10 Å². The largest absolute Gasteiger partial charge is 0.393 e. The summed E-state index contributed by atoms with van der Waals surface area (Å²) in [6.45, 7) is 4.09. The van der Waals surface area contributed by atoms with E-state index in [4.69, 9.17) is 5.73 Å². The van der Waals surface area contributed by atoms with Crippen molar-refractivity contribution in [2.24, 2.45) is 0 Å². The van der Waals surface area contributed by atoms with Gasteiger partial charge in [0.2, 0.25) is 0 Å². The molecule has 0 aliphatic carbocycles. The molecule has 1 fully saturated rings. The summed E-state index contributed by atoms with van der Waals surface area (Å²) in [5.41, 5.74) is 9.27. The van der Waals surface area contributed by atoms with Gasteiger partial charge in [0.25, 0.3) is 0 Å². The van der Waals surface area contributed by atoms with E-state index in [-0.39, 0.29) is 0 Å². The van der Waals surface area contributed by atoms with Crippen LogP contribution in [-0.4, -0.2) is 37.7 Å². The highest BCUT2D eigenvalue weighted by molar-refractivity contribution is 5.68. The third-order valence-corrected chi connectivity index (χ3v) is 4.64. The third-order valence-electron chi connectivity index (χ3n) is 4.64. The summed E-state index contributed by atoms with van der Waals surface area (Å²) >= 11 is 0. The second-order valence-electron chi connectivity index (χ2n) is 6.57. The number of anilines is 2. The lowest BCUT2D eigenvalue weighted by molar-refractivity contribution is 0.331. The van der Waals surface area contributed by atoms with Crippen LogP contribution in [0.4, 0.5) is 11.5 Å². The number of rotatable bonds is 6. The van der Waals surface area contributed by atoms with Gasteiger partial charge in [-0.05, 0) is 43.1 Å². The normalized spacial score (nSPS) is 14.6. The molecule has 3 heterocycles. The van der Waals surface area contributed by atoms with Crippen LogP contribution in [0.1, 0.15) is 24.0 Å². The molecule has 0 spiro atoms. The van der Waals surface area contributed by atoms with Crippen molar-refractivity contribution in [3.8, 4) is 5.82 Å². The number of hydrogen-bond acceptors (Lipinski definition) is 6. The molecule has 1 aliphatic heterocycles. The van der Waals surface area contributed by atoms with E-state index in [1.165, 1.54) is 43.4 Å². The van der Waals surface area contributed by atoms with Crippen LogP contribution in [-0.2, 0) is 13.1 Å². The first kappa shape index (κ1) is 16.5. The molecule has 3 N–H and O–H groups in total. The van der Waals surface area contributed by atoms with Gasteiger partial charge in [-0.15, -0.1) is 0 Å². The van der Waals surface area contributed by atoms with E-state index < -0.39 is 0 Å². The Labute approximate surface area is 152 Å². The maximum atomic E-state index is 6.22. The fraction of sp³-hybridized carbons (Fsp3) is 0.316. The molecular formula is C19H23N7. The maximum Gasteiger partial charge on any atom is 0.181 e. The van der Waals surface area contributed by atoms with E-state index in [0.29, 0.717) is 23.9 Å². The molecule has 1 aromatic carbocycles. The van der Waals surface area contributed by atoms with Gasteiger partial charge < -0.3 is 11.1 Å². The second-order valence-corrected chi connectivity index (χ2v) is 6.57. The van der Waals surface area contributed by atoms with Crippen molar-refractivity contribution in [1.29, 1.82) is 0 Å². The van der Waals surface area contributed by atoms with Crippen molar-refractivity contribution < 1.29 is 0 Å². The average molecular weight is 349 g/mol. The van der Waals surface area contributed by atoms with E-state index in [9.17, 15) is 0 Å². The molecule has 7 nitrogen and oxygen atoms in total. The standard InChI is InChI=1S/C19H23N7/c20-17-18(22-14-23-19(17)26-10-4-7-24-26)21-12-15-5-3-6-16(11-15)13-25-8-1-2-9-25/h3-7,10-11,14H,1-2,8-9,12-13,20H2,(H,21,22,23). The molecule has 4 rings (SSSR count). The highest BCUT2D eigenvalue weighted by atomic mass is 15.3. The van der Waals surface area contributed by atoms with Gasteiger partial charge in [-0.1, -0.05) is 24.3 Å². The Morgan fingerprint density at radius 2 is 1.92 bits per heavy atom. The number of hydrogen-bond donors (Lipinski definition) is 2. The summed E-state index contributed by atoms with van der Waals surface area (Å²) in [4.78, 5) is 11.0. The minimum Gasteiger partial charge on any atom is -0.393 e. The van der Waals surface area contributed by atoms with Crippen molar-refractivity contribution >= 4 is 11.5 Å². The number of aromatic nitrogens is 4. The molecule has 134 valence electrons. The molecule has 0 atom stereocenters. The Balaban J connectivity index is 1.45. The Morgan fingerprint density at radius 1 is 1.08 bits per heavy atom. The summed E-state index contributed by atoms with van der Waals surface area (Å²) in [5.74, 6) is 1.20. The zero-order chi connectivity index (χ0) is 17.8. The maximum absolute atomic E-state index is 6.22. The SMILES string of the molecule is Nc1c(NCc2cccc(CN3CCCC3)c2)ncnc1-n1cccn1. The Morgan fingerprint density at radius 3 is 2.73 bits per heavy atom. The monoisotopic (exact) mass is 349 g/mol. The van der Waals surface area contributed by atoms with E-state index in [1.807, 2.05) is 12.3 Å². The van der Waals surface area contributed by atoms with Crippen LogP contribution in [0.2, 0.25) is 0 Å². The number of nitrogen functional groups attached to an aromatic ring is 1. The van der Waals surface area contributed by atoms with Gasteiger partial charge in [-0.3, -0.25) is 4.90 Å². The second kappa shape index (κ2) is 7.53. The topological polar surface area (TPSA) is 84.9 Å². The van der Waals surface area contributed by atoms with Crippen LogP contribution in [0.15, 0.2) is 49.1 Å². The Kier molecular flexibility index (Phi) is 4.79. The van der Waals surface area contributed by atoms with E-state index in [1.54, 1.807) is 10.9 Å². The van der Waals surface area contributed by atoms with Crippen molar-refractivity contribution in [3.63, 3.8) is 0 Å². The molecule has 7 heteroatoms. The van der Waals surface area contributed by atoms with Crippen molar-refractivity contribution in [2.75, 3.05) is 24.1 Å². The predicted molar refractivity (Wildman–Crippen MR) is 102 cm³/mol. The summed E-state index contributed by atoms with van der Waals surface area (Å²) in [6, 6.07) is 10.5. The van der Waals surface area contributed by atoms with Crippen molar-refractivity contribution in [3.05, 3.63) is 60.2 Å². The molecule has 1 aliphatic rings. The summed E-state index contributed by atoms with van der Waals surface area (Å²) < 4.78 is 1.64. The molecule has 2 aromatic heterocycles. The Bertz CT molecular complexity index is 854. The summed E-state index contributed by atoms with van der Waals surface area (Å²) in [6.07, 6.45) is 7.63. The first-order valence-electron chi connectivity index (χ1n) is 8.94. The molecular weight excluding hydrogens is 326 g/mol. The Hall–Kier alpha value is -2.93. The molecule has 0 amide bonds. The third kappa shape index (κ3) is 3.67. The zero-order valence-corrected chi connectivity index (χ0v) is 14.7. The lowest BCUT2D eigenvalue weighted by Gasteiger charge is -2.15. The van der Waals surface area contributed by atoms with Gasteiger partial charge in [-0.25, -0.2) is 14.6 Å². The van der Waals surface area contributed by atoms with E-state index >= 15 is 0 Å². The van der Waals surface area contributed by atoms with Crippen LogP contribution in [0.5, 0.6) is 0 Å². The minimum atomic E-state index is 0.490. The molecule has 1 saturated heterocycles. The lowest BCUT2D eigenvalue weighted by atomic mass is 10.1. The van der Waals surface area contributed by atoms with Crippen LogP contribution >= 0.6 is 0 Å². The van der Waals surface area contributed by atoms with E-state index in [0.717, 1.165) is 6.54 Å². The molecule has 26 heavy (non-hydrogen) atoms. The van der Waals surface area contributed by atoms with Gasteiger partial charge in [0.1, 0.15) is 12.0 Å². The molecule has 3 aromatic rings. The van der Waals surface area contributed by atoms with Crippen LogP contribution < -0.4 is 11.1 Å². The van der Waals surface area contributed by atoms with Crippen molar-refractivity contribution in [2.45, 2.75) is 25.9 Å². The lowest BCUT2D eigenvalue weighted by Crippen LogP contribution is -2.18. The highest BCUT2D eigenvalue weighted by Crippen LogP contribution is 2.21. The summed E-state index contributed by atoms with van der Waals surface area (Å²) in [7, 11) is 0. The van der Waals surface area contributed by atoms with Crippen molar-refractivity contribution in [1.82, 2.24) is 24.6 Å².